The van der Waals surface area contributed by atoms with Crippen molar-refractivity contribution in [3.8, 4) is 0 Å². The topological polar surface area (TPSA) is 37.3 Å². The van der Waals surface area contributed by atoms with Crippen molar-refractivity contribution in [2.24, 2.45) is 5.41 Å². The minimum atomic E-state index is -0.618. The van der Waals surface area contributed by atoms with Crippen LogP contribution in [0.3, 0.4) is 0 Å². The Morgan fingerprint density at radius 1 is 1.20 bits per heavy atom. The molecule has 0 bridgehead atoms. The predicted molar refractivity (Wildman–Crippen MR) is 84.1 cm³/mol. The third kappa shape index (κ3) is 3.92. The molecule has 0 aliphatic carbocycles. The van der Waals surface area contributed by atoms with Crippen molar-refractivity contribution in [1.82, 2.24) is 0 Å². The molecule has 2 heteroatoms. The van der Waals surface area contributed by atoms with Crippen molar-refractivity contribution >= 4 is 5.78 Å². The number of hydrogen-bond donors (Lipinski definition) is 1. The van der Waals surface area contributed by atoms with Gasteiger partial charge >= 0.3 is 0 Å². The average Bonchev–Trinajstić information content (AvgIpc) is 2.35. The number of Topliss-reactive ketones (excluding diaryl/α,β-unsaturated/α-hetero) is 1. The normalized spacial score (nSPS) is 14.9. The second-order valence-electron chi connectivity index (χ2n) is 7.17. The summed E-state index contributed by atoms with van der Waals surface area (Å²) in [6, 6.07) is 6.52. The molecular formula is C18H28O2. The van der Waals surface area contributed by atoms with Gasteiger partial charge in [-0.05, 0) is 48.8 Å². The van der Waals surface area contributed by atoms with Crippen LogP contribution < -0.4 is 0 Å². The highest BCUT2D eigenvalue weighted by Crippen LogP contribution is 2.29. The van der Waals surface area contributed by atoms with Crippen LogP contribution in [-0.2, 0) is 16.6 Å². The van der Waals surface area contributed by atoms with Gasteiger partial charge in [0.05, 0.1) is 6.61 Å². The summed E-state index contributed by atoms with van der Waals surface area (Å²) < 4.78 is 0. The van der Waals surface area contributed by atoms with Gasteiger partial charge in [0.2, 0.25) is 0 Å². The molecule has 0 saturated carbocycles. The van der Waals surface area contributed by atoms with Crippen LogP contribution in [0, 0.1) is 12.3 Å². The van der Waals surface area contributed by atoms with E-state index in [2.05, 4.69) is 45.9 Å². The van der Waals surface area contributed by atoms with Crippen LogP contribution in [0.25, 0.3) is 0 Å². The summed E-state index contributed by atoms with van der Waals surface area (Å²) >= 11 is 0. The molecule has 0 amide bonds. The molecule has 0 spiro atoms. The number of aliphatic hydroxyl groups excluding tert-OH is 1. The second kappa shape index (κ2) is 6.09. The Hall–Kier alpha value is -1.15. The quantitative estimate of drug-likeness (QED) is 0.888. The highest BCUT2D eigenvalue weighted by atomic mass is 16.3. The van der Waals surface area contributed by atoms with Gasteiger partial charge in [0.25, 0.3) is 0 Å². The lowest BCUT2D eigenvalue weighted by Gasteiger charge is -2.25. The van der Waals surface area contributed by atoms with Crippen LogP contribution in [0.2, 0.25) is 0 Å². The van der Waals surface area contributed by atoms with E-state index in [1.807, 2.05) is 6.92 Å². The maximum atomic E-state index is 11.6. The minimum Gasteiger partial charge on any atom is -0.395 e. The van der Waals surface area contributed by atoms with Gasteiger partial charge in [0.15, 0.2) is 0 Å². The number of carbonyl (C=O) groups is 1. The zero-order chi connectivity index (χ0) is 15.6. The van der Waals surface area contributed by atoms with Crippen molar-refractivity contribution in [3.63, 3.8) is 0 Å². The van der Waals surface area contributed by atoms with Gasteiger partial charge < -0.3 is 5.11 Å². The Balaban J connectivity index is 2.93. The third-order valence-corrected chi connectivity index (χ3v) is 4.27. The number of hydrogen-bond acceptors (Lipinski definition) is 2. The predicted octanol–water partition coefficient (Wildman–Crippen LogP) is 3.81. The number of aryl methyl sites for hydroxylation is 2. The summed E-state index contributed by atoms with van der Waals surface area (Å²) in [6.45, 7) is 12.1. The molecule has 0 fully saturated rings. The first kappa shape index (κ1) is 16.9. The number of aliphatic hydroxyl groups is 1. The number of carbonyl (C=O) groups excluding carboxylic acids is 1. The molecule has 1 atom stereocenters. The molecule has 1 aromatic carbocycles. The van der Waals surface area contributed by atoms with Crippen molar-refractivity contribution < 1.29 is 9.90 Å². The molecule has 0 radical (unpaired) electrons. The number of ketones is 1. The number of benzene rings is 1. The molecule has 0 heterocycles. The van der Waals surface area contributed by atoms with Crippen molar-refractivity contribution in [2.45, 2.75) is 59.8 Å². The van der Waals surface area contributed by atoms with Crippen molar-refractivity contribution in [2.75, 3.05) is 6.61 Å². The van der Waals surface area contributed by atoms with Gasteiger partial charge in [-0.15, -0.1) is 0 Å². The Morgan fingerprint density at radius 3 is 2.25 bits per heavy atom. The first-order chi connectivity index (χ1) is 9.10. The highest BCUT2D eigenvalue weighted by Gasteiger charge is 2.28. The maximum absolute atomic E-state index is 11.6. The molecule has 0 aromatic heterocycles. The lowest BCUT2D eigenvalue weighted by Crippen LogP contribution is -2.30. The summed E-state index contributed by atoms with van der Waals surface area (Å²) in [5.74, 6) is 0.0585. The fraction of sp³-hybridized carbons (Fsp3) is 0.611. The Morgan fingerprint density at radius 2 is 1.80 bits per heavy atom. The van der Waals surface area contributed by atoms with E-state index in [1.165, 1.54) is 16.7 Å². The SMILES string of the molecule is CC(=O)[C@@](C)(CO)CCc1ccc(C)c(C(C)(C)C)c1. The van der Waals surface area contributed by atoms with E-state index in [9.17, 15) is 9.90 Å². The van der Waals surface area contributed by atoms with Crippen molar-refractivity contribution in [3.05, 3.63) is 34.9 Å². The number of rotatable bonds is 5. The standard InChI is InChI=1S/C18H28O2/c1-13-7-8-15(11-16(13)17(3,4)5)9-10-18(6,12-19)14(2)20/h7-8,11,19H,9-10,12H2,1-6H3/t18-/m1/s1. The second-order valence-corrected chi connectivity index (χ2v) is 7.17. The summed E-state index contributed by atoms with van der Waals surface area (Å²) in [7, 11) is 0. The smallest absolute Gasteiger partial charge is 0.137 e. The van der Waals surface area contributed by atoms with E-state index < -0.39 is 5.41 Å². The maximum Gasteiger partial charge on any atom is 0.137 e. The van der Waals surface area contributed by atoms with E-state index in [4.69, 9.17) is 0 Å². The molecule has 1 aromatic rings. The third-order valence-electron chi connectivity index (χ3n) is 4.27. The molecule has 1 N–H and O–H groups in total. The summed E-state index contributed by atoms with van der Waals surface area (Å²) in [4.78, 5) is 11.6. The molecule has 0 saturated heterocycles. The zero-order valence-corrected chi connectivity index (χ0v) is 13.7. The lowest BCUT2D eigenvalue weighted by molar-refractivity contribution is -0.128. The Kier molecular flexibility index (Phi) is 5.15. The minimum absolute atomic E-state index is 0.0585. The monoisotopic (exact) mass is 276 g/mol. The van der Waals surface area contributed by atoms with Crippen LogP contribution in [0.5, 0.6) is 0 Å². The van der Waals surface area contributed by atoms with E-state index in [-0.39, 0.29) is 17.8 Å². The van der Waals surface area contributed by atoms with Gasteiger partial charge in [-0.3, -0.25) is 4.79 Å². The molecule has 2 nitrogen and oxygen atoms in total. The van der Waals surface area contributed by atoms with E-state index in [1.54, 1.807) is 6.92 Å². The molecule has 112 valence electrons. The van der Waals surface area contributed by atoms with Crippen molar-refractivity contribution in [1.29, 1.82) is 0 Å². The molecule has 1 rings (SSSR count). The Labute approximate surface area is 123 Å². The highest BCUT2D eigenvalue weighted by molar-refractivity contribution is 5.82. The van der Waals surface area contributed by atoms with Crippen LogP contribution >= 0.6 is 0 Å². The first-order valence-corrected chi connectivity index (χ1v) is 7.32. The van der Waals surface area contributed by atoms with Crippen LogP contribution in [-0.4, -0.2) is 17.5 Å². The lowest BCUT2D eigenvalue weighted by atomic mass is 9.79. The Bertz CT molecular complexity index is 483. The van der Waals surface area contributed by atoms with Gasteiger partial charge in [-0.25, -0.2) is 0 Å². The molecule has 0 aliphatic rings. The molecule has 0 unspecified atom stereocenters. The molecule has 0 aliphatic heterocycles. The first-order valence-electron chi connectivity index (χ1n) is 7.32. The van der Waals surface area contributed by atoms with E-state index in [0.717, 1.165) is 6.42 Å². The van der Waals surface area contributed by atoms with Gasteiger partial charge in [0.1, 0.15) is 5.78 Å². The van der Waals surface area contributed by atoms with Gasteiger partial charge in [-0.1, -0.05) is 45.9 Å². The van der Waals surface area contributed by atoms with Gasteiger partial charge in [0, 0.05) is 5.41 Å². The zero-order valence-electron chi connectivity index (χ0n) is 13.7. The molecular weight excluding hydrogens is 248 g/mol. The largest absolute Gasteiger partial charge is 0.395 e. The molecule has 20 heavy (non-hydrogen) atoms. The summed E-state index contributed by atoms with van der Waals surface area (Å²) in [5, 5.41) is 9.44. The van der Waals surface area contributed by atoms with Crippen LogP contribution in [0.4, 0.5) is 0 Å². The van der Waals surface area contributed by atoms with Crippen LogP contribution in [0.15, 0.2) is 18.2 Å². The fourth-order valence-electron chi connectivity index (χ4n) is 2.42. The summed E-state index contributed by atoms with van der Waals surface area (Å²) in [6.07, 6.45) is 1.51. The van der Waals surface area contributed by atoms with Gasteiger partial charge in [-0.2, -0.15) is 0 Å². The van der Waals surface area contributed by atoms with E-state index >= 15 is 0 Å². The summed E-state index contributed by atoms with van der Waals surface area (Å²) in [5.41, 5.74) is 3.40. The average molecular weight is 276 g/mol. The van der Waals surface area contributed by atoms with Crippen LogP contribution in [0.1, 0.15) is 57.7 Å². The fourth-order valence-corrected chi connectivity index (χ4v) is 2.42. The van der Waals surface area contributed by atoms with E-state index in [0.29, 0.717) is 6.42 Å².